The number of halogens is 2. The van der Waals surface area contributed by atoms with Gasteiger partial charge >= 0.3 is 0 Å². The molecule has 6 rings (SSSR count). The Bertz CT molecular complexity index is 1380. The number of carbonyl (C=O) groups excluding carboxylic acids is 2. The number of hydrogen-bond acceptors (Lipinski definition) is 8. The number of aliphatic hydroxyl groups is 2. The SMILES string of the molecule is CN[C@@H]1CCCC[C@H]1CN1C[C@H](Cc2ccc(F)cc2)NC(=O)[C@@H]1CO.N[C@@H]1CCCC[C@H]1CN1C[C@H](Cc2ccc(F)cc2)NC(=O)[C@@H]1CO. The van der Waals surface area contributed by atoms with E-state index in [1.54, 1.807) is 24.3 Å². The zero-order valence-corrected chi connectivity index (χ0v) is 30.0. The third kappa shape index (κ3) is 11.0. The van der Waals surface area contributed by atoms with Crippen molar-refractivity contribution in [2.75, 3.05) is 46.4 Å². The topological polar surface area (TPSA) is 143 Å². The van der Waals surface area contributed by atoms with Gasteiger partial charge in [-0.1, -0.05) is 49.9 Å². The Hall–Kier alpha value is -3.00. The van der Waals surface area contributed by atoms with Gasteiger partial charge < -0.3 is 31.9 Å². The maximum absolute atomic E-state index is 13.1. The number of rotatable bonds is 11. The molecule has 0 spiro atoms. The van der Waals surface area contributed by atoms with Crippen molar-refractivity contribution >= 4 is 11.8 Å². The van der Waals surface area contributed by atoms with Gasteiger partial charge in [-0.2, -0.15) is 0 Å². The molecule has 0 aromatic heterocycles. The summed E-state index contributed by atoms with van der Waals surface area (Å²) in [5.41, 5.74) is 8.26. The van der Waals surface area contributed by atoms with Crippen molar-refractivity contribution < 1.29 is 28.6 Å². The largest absolute Gasteiger partial charge is 0.394 e. The van der Waals surface area contributed by atoms with Crippen molar-refractivity contribution in [3.8, 4) is 0 Å². The number of benzene rings is 2. The molecule has 0 bridgehead atoms. The molecule has 7 N–H and O–H groups in total. The van der Waals surface area contributed by atoms with E-state index in [1.165, 1.54) is 56.4 Å². The summed E-state index contributed by atoms with van der Waals surface area (Å²) in [5, 5.41) is 28.8. The lowest BCUT2D eigenvalue weighted by Crippen LogP contribution is -2.63. The van der Waals surface area contributed by atoms with E-state index < -0.39 is 12.1 Å². The molecule has 282 valence electrons. The van der Waals surface area contributed by atoms with Gasteiger partial charge in [0.25, 0.3) is 0 Å². The highest BCUT2D eigenvalue weighted by molar-refractivity contribution is 5.83. The fourth-order valence-corrected chi connectivity index (χ4v) is 8.55. The summed E-state index contributed by atoms with van der Waals surface area (Å²) < 4.78 is 26.2. The number of aliphatic hydroxyl groups excluding tert-OH is 2. The molecule has 0 radical (unpaired) electrons. The summed E-state index contributed by atoms with van der Waals surface area (Å²) in [7, 11) is 2.01. The maximum Gasteiger partial charge on any atom is 0.240 e. The molecule has 2 saturated carbocycles. The van der Waals surface area contributed by atoms with Crippen molar-refractivity contribution in [2.45, 2.75) is 100 Å². The molecule has 2 aliphatic carbocycles. The molecule has 10 nitrogen and oxygen atoms in total. The van der Waals surface area contributed by atoms with Crippen LogP contribution in [0.1, 0.15) is 62.5 Å². The van der Waals surface area contributed by atoms with Crippen molar-refractivity contribution in [3.63, 3.8) is 0 Å². The van der Waals surface area contributed by atoms with Crippen LogP contribution in [0.2, 0.25) is 0 Å². The molecule has 0 unspecified atom stereocenters. The van der Waals surface area contributed by atoms with Crippen molar-refractivity contribution in [2.24, 2.45) is 17.6 Å². The molecule has 4 fully saturated rings. The summed E-state index contributed by atoms with van der Waals surface area (Å²) in [4.78, 5) is 29.1. The second-order valence-corrected chi connectivity index (χ2v) is 15.0. The Morgan fingerprint density at radius 2 is 1.14 bits per heavy atom. The van der Waals surface area contributed by atoms with E-state index in [1.807, 2.05) is 7.05 Å². The standard InChI is InChI=1S/C20H30FN3O2.C19H28FN3O2/c1-22-18-5-3-2-4-15(18)11-24-12-17(23-20(26)19(24)13-25)10-14-6-8-16(21)9-7-14;20-15-7-5-13(6-8-15)9-16-11-23(18(12-24)19(25)22-16)10-14-3-1-2-4-17(14)21/h6-9,15,17-19,22,25H,2-5,10-13H2,1H3,(H,23,26);5-8,14,16-18,24H,1-4,9-12,21H2,(H,22,25)/t15-,17-,18+,19-;14-,16-,17+,18-/m00/s1. The molecule has 2 aromatic carbocycles. The summed E-state index contributed by atoms with van der Waals surface area (Å²) in [6, 6.07) is 12.4. The first-order valence-electron chi connectivity index (χ1n) is 18.9. The number of carbonyl (C=O) groups is 2. The lowest BCUT2D eigenvalue weighted by molar-refractivity contribution is -0.133. The van der Waals surface area contributed by atoms with Crippen LogP contribution < -0.4 is 21.7 Å². The number of nitrogens with zero attached hydrogens (tertiary/aromatic N) is 2. The predicted octanol–water partition coefficient (Wildman–Crippen LogP) is 2.35. The Labute approximate surface area is 301 Å². The number of nitrogens with one attached hydrogen (secondary N) is 3. The first-order chi connectivity index (χ1) is 24.7. The van der Waals surface area contributed by atoms with Gasteiger partial charge in [0.2, 0.25) is 11.8 Å². The van der Waals surface area contributed by atoms with E-state index >= 15 is 0 Å². The number of amides is 2. The fourth-order valence-electron chi connectivity index (χ4n) is 8.55. The fraction of sp³-hybridized carbons (Fsp3) is 0.641. The molecular weight excluding hydrogens is 654 g/mol. The minimum Gasteiger partial charge on any atom is -0.394 e. The molecule has 8 atom stereocenters. The molecule has 2 heterocycles. The zero-order chi connectivity index (χ0) is 36.3. The van der Waals surface area contributed by atoms with Crippen LogP contribution in [0.4, 0.5) is 8.78 Å². The van der Waals surface area contributed by atoms with Crippen LogP contribution in [-0.2, 0) is 22.4 Å². The number of piperazine rings is 2. The van der Waals surface area contributed by atoms with Gasteiger partial charge in [-0.3, -0.25) is 19.4 Å². The molecule has 2 saturated heterocycles. The lowest BCUT2D eigenvalue weighted by atomic mass is 9.83. The second-order valence-electron chi connectivity index (χ2n) is 15.0. The van der Waals surface area contributed by atoms with E-state index in [-0.39, 0.29) is 54.8 Å². The first kappa shape index (κ1) is 39.2. The Balaban J connectivity index is 0.000000198. The average molecular weight is 713 g/mol. The average Bonchev–Trinajstić information content (AvgIpc) is 3.12. The summed E-state index contributed by atoms with van der Waals surface area (Å²) in [6.45, 7) is 2.62. The Morgan fingerprint density at radius 3 is 1.59 bits per heavy atom. The van der Waals surface area contributed by atoms with Gasteiger partial charge in [0.15, 0.2) is 0 Å². The van der Waals surface area contributed by atoms with E-state index in [0.29, 0.717) is 43.8 Å². The third-order valence-electron chi connectivity index (χ3n) is 11.4. The van der Waals surface area contributed by atoms with E-state index in [9.17, 15) is 28.6 Å². The second kappa shape index (κ2) is 19.2. The van der Waals surface area contributed by atoms with Crippen LogP contribution in [0, 0.1) is 23.5 Å². The van der Waals surface area contributed by atoms with Crippen molar-refractivity contribution in [3.05, 3.63) is 71.3 Å². The zero-order valence-electron chi connectivity index (χ0n) is 30.0. The quantitative estimate of drug-likeness (QED) is 0.209. The maximum atomic E-state index is 13.1. The van der Waals surface area contributed by atoms with E-state index in [4.69, 9.17) is 5.73 Å². The molecule has 2 aliphatic heterocycles. The highest BCUT2D eigenvalue weighted by atomic mass is 19.1. The van der Waals surface area contributed by atoms with E-state index in [0.717, 1.165) is 43.5 Å². The van der Waals surface area contributed by atoms with Gasteiger partial charge in [0, 0.05) is 50.3 Å². The van der Waals surface area contributed by atoms with Crippen molar-refractivity contribution in [1.82, 2.24) is 25.8 Å². The smallest absolute Gasteiger partial charge is 0.240 e. The van der Waals surface area contributed by atoms with Gasteiger partial charge in [-0.15, -0.1) is 0 Å². The Morgan fingerprint density at radius 1 is 0.706 bits per heavy atom. The van der Waals surface area contributed by atoms with Crippen LogP contribution in [0.25, 0.3) is 0 Å². The molecule has 51 heavy (non-hydrogen) atoms. The van der Waals surface area contributed by atoms with Crippen molar-refractivity contribution in [1.29, 1.82) is 0 Å². The van der Waals surface area contributed by atoms with Crippen LogP contribution in [0.3, 0.4) is 0 Å². The van der Waals surface area contributed by atoms with Gasteiger partial charge in [-0.25, -0.2) is 8.78 Å². The summed E-state index contributed by atoms with van der Waals surface area (Å²) >= 11 is 0. The number of hydrogen-bond donors (Lipinski definition) is 6. The van der Waals surface area contributed by atoms with Crippen LogP contribution >= 0.6 is 0 Å². The molecular formula is C39H58F2N6O4. The van der Waals surface area contributed by atoms with Crippen LogP contribution in [-0.4, -0.2) is 115 Å². The molecule has 2 aromatic rings. The minimum atomic E-state index is -0.501. The van der Waals surface area contributed by atoms with Gasteiger partial charge in [0.1, 0.15) is 23.7 Å². The molecule has 12 heteroatoms. The van der Waals surface area contributed by atoms with Crippen LogP contribution in [0.15, 0.2) is 48.5 Å². The van der Waals surface area contributed by atoms with E-state index in [2.05, 4.69) is 25.8 Å². The minimum absolute atomic E-state index is 0.0209. The third-order valence-corrected chi connectivity index (χ3v) is 11.4. The van der Waals surface area contributed by atoms with Gasteiger partial charge in [-0.05, 0) is 92.8 Å². The molecule has 4 aliphatic rings. The summed E-state index contributed by atoms with van der Waals surface area (Å²) in [6.07, 6.45) is 10.6. The molecule has 2 amide bonds. The normalized spacial score (nSPS) is 30.5. The Kier molecular flexibility index (Phi) is 14.8. The lowest BCUT2D eigenvalue weighted by Gasteiger charge is -2.42. The van der Waals surface area contributed by atoms with Gasteiger partial charge in [0.05, 0.1) is 13.2 Å². The van der Waals surface area contributed by atoms with Crippen LogP contribution in [0.5, 0.6) is 0 Å². The number of nitrogens with two attached hydrogens (primary N) is 1. The first-order valence-corrected chi connectivity index (χ1v) is 18.9. The highest BCUT2D eigenvalue weighted by Gasteiger charge is 2.38. The summed E-state index contributed by atoms with van der Waals surface area (Å²) in [5.74, 6) is 0.122. The predicted molar refractivity (Wildman–Crippen MR) is 194 cm³/mol. The highest BCUT2D eigenvalue weighted by Crippen LogP contribution is 2.28. The monoisotopic (exact) mass is 712 g/mol.